The molecule has 1 saturated heterocycles. The highest BCUT2D eigenvalue weighted by Crippen LogP contribution is 2.37. The Labute approximate surface area is 157 Å². The monoisotopic (exact) mass is 368 g/mol. The molecule has 2 N–H and O–H groups in total. The maximum Gasteiger partial charge on any atom is 0.262 e. The van der Waals surface area contributed by atoms with E-state index in [9.17, 15) is 4.79 Å². The highest BCUT2D eigenvalue weighted by atomic mass is 32.1. The van der Waals surface area contributed by atoms with E-state index in [-0.39, 0.29) is 11.3 Å². The van der Waals surface area contributed by atoms with Gasteiger partial charge in [0.25, 0.3) is 5.91 Å². The van der Waals surface area contributed by atoms with E-state index < -0.39 is 0 Å². The number of thiazole rings is 1. The van der Waals surface area contributed by atoms with E-state index in [1.54, 1.807) is 13.2 Å². The Hall–Kier alpha value is -2.18. The Balaban J connectivity index is 1.43. The largest absolute Gasteiger partial charge is 0.361 e. The number of likely N-dealkylation sites (tertiary alicyclic amines) is 1. The molecule has 0 aliphatic carbocycles. The van der Waals surface area contributed by atoms with Crippen molar-refractivity contribution in [2.75, 3.05) is 20.1 Å². The lowest BCUT2D eigenvalue weighted by atomic mass is 9.81. The molecule has 3 aromatic rings. The molecule has 0 unspecified atom stereocenters. The lowest BCUT2D eigenvalue weighted by molar-refractivity contribution is 0.0967. The molecule has 1 fully saturated rings. The van der Waals surface area contributed by atoms with Crippen molar-refractivity contribution in [2.24, 2.45) is 0 Å². The molecule has 0 atom stereocenters. The standard InChI is InChI=1S/C20H24N4OS/c1-20(19-23-12-17(26-19)18(25)21-2)7-9-24(10-8-20)13-14-11-22-16-6-4-3-5-15(14)16/h3-6,11-12,22H,7-10,13H2,1-2H3,(H,21,25). The third-order valence-corrected chi connectivity index (χ3v) is 6.80. The van der Waals surface area contributed by atoms with Gasteiger partial charge in [0.2, 0.25) is 0 Å². The Morgan fingerprint density at radius 1 is 1.35 bits per heavy atom. The van der Waals surface area contributed by atoms with Gasteiger partial charge in [-0.2, -0.15) is 0 Å². The topological polar surface area (TPSA) is 61.0 Å². The number of fused-ring (bicyclic) bond motifs is 1. The molecule has 136 valence electrons. The van der Waals surface area contributed by atoms with Gasteiger partial charge < -0.3 is 10.3 Å². The van der Waals surface area contributed by atoms with Crippen molar-refractivity contribution < 1.29 is 4.79 Å². The zero-order valence-corrected chi connectivity index (χ0v) is 16.0. The first-order valence-corrected chi connectivity index (χ1v) is 9.86. The number of H-pyrrole nitrogens is 1. The number of hydrogen-bond acceptors (Lipinski definition) is 4. The third kappa shape index (κ3) is 3.15. The van der Waals surface area contributed by atoms with Gasteiger partial charge in [-0.25, -0.2) is 4.98 Å². The zero-order chi connectivity index (χ0) is 18.1. The van der Waals surface area contributed by atoms with Crippen molar-refractivity contribution in [1.29, 1.82) is 0 Å². The van der Waals surface area contributed by atoms with Gasteiger partial charge in [0.1, 0.15) is 4.88 Å². The fourth-order valence-corrected chi connectivity index (χ4v) is 4.77. The van der Waals surface area contributed by atoms with Crippen LogP contribution in [0, 0.1) is 0 Å². The third-order valence-electron chi connectivity index (χ3n) is 5.50. The lowest BCUT2D eigenvalue weighted by Gasteiger charge is -2.38. The fourth-order valence-electron chi connectivity index (χ4n) is 3.70. The van der Waals surface area contributed by atoms with E-state index in [4.69, 9.17) is 0 Å². The number of amides is 1. The number of rotatable bonds is 4. The molecule has 0 bridgehead atoms. The van der Waals surface area contributed by atoms with Crippen LogP contribution < -0.4 is 5.32 Å². The second-order valence-electron chi connectivity index (χ2n) is 7.31. The van der Waals surface area contributed by atoms with Gasteiger partial charge in [0.15, 0.2) is 0 Å². The summed E-state index contributed by atoms with van der Waals surface area (Å²) in [6, 6.07) is 8.47. The van der Waals surface area contributed by atoms with Crippen molar-refractivity contribution in [3.8, 4) is 0 Å². The molecule has 0 spiro atoms. The minimum absolute atomic E-state index is 0.0471. The van der Waals surface area contributed by atoms with E-state index in [0.29, 0.717) is 4.88 Å². The number of aromatic amines is 1. The van der Waals surface area contributed by atoms with Crippen molar-refractivity contribution in [2.45, 2.75) is 31.7 Å². The summed E-state index contributed by atoms with van der Waals surface area (Å²) >= 11 is 1.53. The van der Waals surface area contributed by atoms with Crippen LogP contribution in [-0.4, -0.2) is 40.9 Å². The number of aromatic nitrogens is 2. The highest BCUT2D eigenvalue weighted by Gasteiger charge is 2.34. The molecule has 26 heavy (non-hydrogen) atoms. The van der Waals surface area contributed by atoms with Crippen LogP contribution in [0.1, 0.15) is 40.0 Å². The quantitative estimate of drug-likeness (QED) is 0.740. The fraction of sp³-hybridized carbons (Fsp3) is 0.400. The number of nitrogens with one attached hydrogen (secondary N) is 2. The van der Waals surface area contributed by atoms with Crippen LogP contribution in [0.4, 0.5) is 0 Å². The first kappa shape index (κ1) is 17.2. The summed E-state index contributed by atoms with van der Waals surface area (Å²) < 4.78 is 0. The molecular weight excluding hydrogens is 344 g/mol. The Kier molecular flexibility index (Phi) is 4.54. The van der Waals surface area contributed by atoms with E-state index >= 15 is 0 Å². The predicted molar refractivity (Wildman–Crippen MR) is 106 cm³/mol. The maximum atomic E-state index is 11.8. The Morgan fingerprint density at radius 3 is 2.88 bits per heavy atom. The van der Waals surface area contributed by atoms with Gasteiger partial charge >= 0.3 is 0 Å². The average Bonchev–Trinajstić information content (AvgIpc) is 3.31. The smallest absolute Gasteiger partial charge is 0.262 e. The summed E-state index contributed by atoms with van der Waals surface area (Å²) in [7, 11) is 1.66. The molecule has 1 aliphatic rings. The van der Waals surface area contributed by atoms with Crippen LogP contribution >= 0.6 is 11.3 Å². The van der Waals surface area contributed by atoms with Crippen molar-refractivity contribution in [3.63, 3.8) is 0 Å². The van der Waals surface area contributed by atoms with E-state index in [0.717, 1.165) is 37.5 Å². The van der Waals surface area contributed by atoms with Crippen LogP contribution in [0.5, 0.6) is 0 Å². The van der Waals surface area contributed by atoms with Crippen LogP contribution in [0.3, 0.4) is 0 Å². The van der Waals surface area contributed by atoms with Gasteiger partial charge in [-0.1, -0.05) is 25.1 Å². The molecular formula is C20H24N4OS. The molecule has 6 heteroatoms. The SMILES string of the molecule is CNC(=O)c1cnc(C2(C)CCN(Cc3c[nH]c4ccccc34)CC2)s1. The van der Waals surface area contributed by atoms with Crippen LogP contribution in [0.2, 0.25) is 0 Å². The molecule has 1 aromatic carbocycles. The molecule has 4 rings (SSSR count). The summed E-state index contributed by atoms with van der Waals surface area (Å²) in [4.78, 5) is 22.9. The minimum Gasteiger partial charge on any atom is -0.361 e. The number of carbonyl (C=O) groups is 1. The maximum absolute atomic E-state index is 11.8. The number of nitrogens with zero attached hydrogens (tertiary/aromatic N) is 2. The van der Waals surface area contributed by atoms with Gasteiger partial charge in [0, 0.05) is 36.1 Å². The van der Waals surface area contributed by atoms with Crippen LogP contribution in [0.15, 0.2) is 36.7 Å². The first-order chi connectivity index (χ1) is 12.6. The van der Waals surface area contributed by atoms with Gasteiger partial charge in [-0.05, 0) is 37.6 Å². The van der Waals surface area contributed by atoms with Crippen LogP contribution in [-0.2, 0) is 12.0 Å². The predicted octanol–water partition coefficient (Wildman–Crippen LogP) is 3.54. The molecule has 0 radical (unpaired) electrons. The zero-order valence-electron chi connectivity index (χ0n) is 15.2. The molecule has 2 aromatic heterocycles. The van der Waals surface area contributed by atoms with Gasteiger partial charge in [0.05, 0.1) is 11.2 Å². The molecule has 3 heterocycles. The lowest BCUT2D eigenvalue weighted by Crippen LogP contribution is -2.40. The van der Waals surface area contributed by atoms with E-state index in [1.807, 2.05) is 0 Å². The summed E-state index contributed by atoms with van der Waals surface area (Å²) in [5, 5.41) is 5.08. The summed E-state index contributed by atoms with van der Waals surface area (Å²) in [6.45, 7) is 5.35. The summed E-state index contributed by atoms with van der Waals surface area (Å²) in [5.74, 6) is -0.0471. The van der Waals surface area contributed by atoms with Gasteiger partial charge in [-0.15, -0.1) is 11.3 Å². The summed E-state index contributed by atoms with van der Waals surface area (Å²) in [5.41, 5.74) is 2.63. The molecule has 0 saturated carbocycles. The average molecular weight is 369 g/mol. The van der Waals surface area contributed by atoms with Crippen molar-refractivity contribution >= 4 is 28.1 Å². The van der Waals surface area contributed by atoms with Crippen LogP contribution in [0.25, 0.3) is 10.9 Å². The number of hydrogen-bond donors (Lipinski definition) is 2. The second kappa shape index (κ2) is 6.85. The number of benzene rings is 1. The number of carbonyl (C=O) groups excluding carboxylic acids is 1. The summed E-state index contributed by atoms with van der Waals surface area (Å²) in [6.07, 6.45) is 5.98. The van der Waals surface area contributed by atoms with E-state index in [2.05, 4.69) is 57.6 Å². The molecule has 1 amide bonds. The highest BCUT2D eigenvalue weighted by molar-refractivity contribution is 7.13. The Bertz CT molecular complexity index is 921. The Morgan fingerprint density at radius 2 is 2.12 bits per heavy atom. The second-order valence-corrected chi connectivity index (χ2v) is 8.34. The minimum atomic E-state index is -0.0471. The normalized spacial score (nSPS) is 17.5. The van der Waals surface area contributed by atoms with E-state index in [1.165, 1.54) is 27.8 Å². The van der Waals surface area contributed by atoms with Gasteiger partial charge in [-0.3, -0.25) is 9.69 Å². The van der Waals surface area contributed by atoms with Crippen molar-refractivity contribution in [3.05, 3.63) is 52.1 Å². The number of para-hydroxylation sites is 1. The first-order valence-electron chi connectivity index (χ1n) is 9.05. The number of piperidine rings is 1. The van der Waals surface area contributed by atoms with Crippen molar-refractivity contribution in [1.82, 2.24) is 20.2 Å². The molecule has 5 nitrogen and oxygen atoms in total. The molecule has 1 aliphatic heterocycles.